The first-order valence-corrected chi connectivity index (χ1v) is 9.00. The van der Waals surface area contributed by atoms with Crippen LogP contribution in [0.2, 0.25) is 4.34 Å². The van der Waals surface area contributed by atoms with Crippen LogP contribution < -0.4 is 5.32 Å². The molecule has 0 radical (unpaired) electrons. The number of carbonyl (C=O) groups excluding carboxylic acids is 2. The number of carbonyl (C=O) groups is 2. The molecule has 2 fully saturated rings. The maximum absolute atomic E-state index is 12.1. The van der Waals surface area contributed by atoms with E-state index in [0.717, 1.165) is 32.8 Å². The van der Waals surface area contributed by atoms with Crippen LogP contribution in [0.15, 0.2) is 11.4 Å². The maximum atomic E-state index is 12.1. The lowest BCUT2D eigenvalue weighted by Crippen LogP contribution is -2.42. The van der Waals surface area contributed by atoms with Gasteiger partial charge >= 0.3 is 0 Å². The first-order valence-electron chi connectivity index (χ1n) is 7.74. The molecular weight excluding hydrogens is 338 g/mol. The number of likely N-dealkylation sites (tertiary alicyclic amines) is 1. The summed E-state index contributed by atoms with van der Waals surface area (Å²) in [6, 6.07) is 1.52. The fourth-order valence-electron chi connectivity index (χ4n) is 2.87. The van der Waals surface area contributed by atoms with E-state index in [4.69, 9.17) is 16.3 Å². The molecule has 2 aliphatic rings. The van der Waals surface area contributed by atoms with Gasteiger partial charge in [0.1, 0.15) is 0 Å². The minimum atomic E-state index is -0.166. The summed E-state index contributed by atoms with van der Waals surface area (Å²) < 4.78 is 5.91. The van der Waals surface area contributed by atoms with Crippen LogP contribution in [0.25, 0.3) is 0 Å². The summed E-state index contributed by atoms with van der Waals surface area (Å²) in [4.78, 5) is 28.3. The molecule has 0 saturated carbocycles. The molecule has 2 saturated heterocycles. The first-order chi connectivity index (χ1) is 11.1. The summed E-state index contributed by atoms with van der Waals surface area (Å²) in [7, 11) is 0. The first kappa shape index (κ1) is 16.7. The number of ether oxygens (including phenoxy) is 1. The van der Waals surface area contributed by atoms with Crippen molar-refractivity contribution in [3.63, 3.8) is 0 Å². The van der Waals surface area contributed by atoms with Gasteiger partial charge in [0.2, 0.25) is 5.91 Å². The van der Waals surface area contributed by atoms with E-state index < -0.39 is 0 Å². The van der Waals surface area contributed by atoms with E-state index in [1.54, 1.807) is 11.4 Å². The van der Waals surface area contributed by atoms with Crippen LogP contribution >= 0.6 is 22.9 Å². The third-order valence-corrected chi connectivity index (χ3v) is 5.26. The Balaban J connectivity index is 1.46. The highest BCUT2D eigenvalue weighted by Crippen LogP contribution is 2.20. The van der Waals surface area contributed by atoms with Gasteiger partial charge in [0.15, 0.2) is 0 Å². The molecular formula is C15H20ClN3O3S. The van der Waals surface area contributed by atoms with Crippen LogP contribution in [0.1, 0.15) is 16.8 Å². The van der Waals surface area contributed by atoms with E-state index in [2.05, 4.69) is 10.2 Å². The lowest BCUT2D eigenvalue weighted by molar-refractivity contribution is -0.128. The molecule has 6 nitrogen and oxygen atoms in total. The third-order valence-electron chi connectivity index (χ3n) is 4.17. The van der Waals surface area contributed by atoms with Crippen molar-refractivity contribution in [2.24, 2.45) is 0 Å². The topological polar surface area (TPSA) is 61.9 Å². The summed E-state index contributed by atoms with van der Waals surface area (Å²) in [6.45, 7) is 5.49. The smallest absolute Gasteiger partial charge is 0.252 e. The molecule has 126 valence electrons. The molecule has 23 heavy (non-hydrogen) atoms. The Morgan fingerprint density at radius 3 is 2.87 bits per heavy atom. The quantitative estimate of drug-likeness (QED) is 0.856. The Labute approximate surface area is 144 Å². The molecule has 0 bridgehead atoms. The Hall–Kier alpha value is -1.15. The normalized spacial score (nSPS) is 22.6. The number of amides is 2. The van der Waals surface area contributed by atoms with E-state index in [1.165, 1.54) is 11.3 Å². The molecule has 2 aliphatic heterocycles. The van der Waals surface area contributed by atoms with Crippen LogP contribution in [0.3, 0.4) is 0 Å². The number of nitrogens with one attached hydrogen (secondary N) is 1. The SMILES string of the molecule is O=C(NC1CC(=O)N(CCN2CCOCC2)C1)c1csc(Cl)c1. The van der Waals surface area contributed by atoms with Crippen LogP contribution in [0.5, 0.6) is 0 Å². The number of thiophene rings is 1. The summed E-state index contributed by atoms with van der Waals surface area (Å²) in [5.74, 6) is -0.0621. The molecule has 2 amide bonds. The van der Waals surface area contributed by atoms with Crippen LogP contribution in [0.4, 0.5) is 0 Å². The van der Waals surface area contributed by atoms with Gasteiger partial charge < -0.3 is 15.0 Å². The second-order valence-corrected chi connectivity index (χ2v) is 7.35. The minimum absolute atomic E-state index is 0.104. The average molecular weight is 358 g/mol. The predicted octanol–water partition coefficient (Wildman–Crippen LogP) is 1.06. The van der Waals surface area contributed by atoms with E-state index in [9.17, 15) is 9.59 Å². The van der Waals surface area contributed by atoms with E-state index in [0.29, 0.717) is 29.4 Å². The zero-order valence-corrected chi connectivity index (χ0v) is 14.4. The number of rotatable bonds is 5. The molecule has 1 unspecified atom stereocenters. The Kier molecular flexibility index (Phi) is 5.53. The average Bonchev–Trinajstić information content (AvgIpc) is 3.12. The number of halogens is 1. The highest BCUT2D eigenvalue weighted by Gasteiger charge is 2.31. The van der Waals surface area contributed by atoms with Gasteiger partial charge in [-0.2, -0.15) is 0 Å². The molecule has 1 atom stereocenters. The zero-order valence-electron chi connectivity index (χ0n) is 12.8. The molecule has 0 aromatic carbocycles. The van der Waals surface area contributed by atoms with Crippen molar-refractivity contribution in [2.45, 2.75) is 12.5 Å². The standard InChI is InChI=1S/C15H20ClN3O3S/c16-13-7-11(10-23-13)15(21)17-12-8-14(20)19(9-12)2-1-18-3-5-22-6-4-18/h7,10,12H,1-6,8-9H2,(H,17,21). The van der Waals surface area contributed by atoms with Crippen molar-refractivity contribution < 1.29 is 14.3 Å². The number of morpholine rings is 1. The maximum Gasteiger partial charge on any atom is 0.252 e. The fraction of sp³-hybridized carbons (Fsp3) is 0.600. The summed E-state index contributed by atoms with van der Waals surface area (Å²) in [5, 5.41) is 4.65. The van der Waals surface area contributed by atoms with Gasteiger partial charge in [0, 0.05) is 44.5 Å². The van der Waals surface area contributed by atoms with Gasteiger partial charge in [0.05, 0.1) is 29.2 Å². The summed E-state index contributed by atoms with van der Waals surface area (Å²) in [5.41, 5.74) is 0.555. The molecule has 3 rings (SSSR count). The van der Waals surface area contributed by atoms with Gasteiger partial charge in [-0.15, -0.1) is 11.3 Å². The van der Waals surface area contributed by atoms with Crippen LogP contribution in [0, 0.1) is 0 Å². The Morgan fingerprint density at radius 2 is 2.17 bits per heavy atom. The van der Waals surface area contributed by atoms with Crippen molar-refractivity contribution in [1.29, 1.82) is 0 Å². The predicted molar refractivity (Wildman–Crippen MR) is 89.0 cm³/mol. The van der Waals surface area contributed by atoms with Crippen LogP contribution in [-0.4, -0.2) is 73.6 Å². The molecule has 3 heterocycles. The fourth-order valence-corrected chi connectivity index (χ4v) is 3.73. The molecule has 0 spiro atoms. The molecule has 1 N–H and O–H groups in total. The lowest BCUT2D eigenvalue weighted by atomic mass is 10.2. The van der Waals surface area contributed by atoms with Crippen LogP contribution in [-0.2, 0) is 9.53 Å². The highest BCUT2D eigenvalue weighted by atomic mass is 35.5. The Bertz CT molecular complexity index is 574. The molecule has 1 aromatic rings. The summed E-state index contributed by atoms with van der Waals surface area (Å²) in [6.07, 6.45) is 0.368. The van der Waals surface area contributed by atoms with Gasteiger partial charge in [0.25, 0.3) is 5.91 Å². The lowest BCUT2D eigenvalue weighted by Gasteiger charge is -2.28. The number of nitrogens with zero attached hydrogens (tertiary/aromatic N) is 2. The van der Waals surface area contributed by atoms with Crippen molar-refractivity contribution in [3.05, 3.63) is 21.3 Å². The largest absolute Gasteiger partial charge is 0.379 e. The van der Waals surface area contributed by atoms with Crippen molar-refractivity contribution in [2.75, 3.05) is 45.9 Å². The van der Waals surface area contributed by atoms with E-state index in [1.807, 2.05) is 4.90 Å². The Morgan fingerprint density at radius 1 is 1.39 bits per heavy atom. The van der Waals surface area contributed by atoms with Gasteiger partial charge in [-0.05, 0) is 6.07 Å². The highest BCUT2D eigenvalue weighted by molar-refractivity contribution is 7.14. The zero-order chi connectivity index (χ0) is 16.2. The van der Waals surface area contributed by atoms with E-state index in [-0.39, 0.29) is 17.9 Å². The van der Waals surface area contributed by atoms with Gasteiger partial charge in [-0.1, -0.05) is 11.6 Å². The molecule has 8 heteroatoms. The monoisotopic (exact) mass is 357 g/mol. The van der Waals surface area contributed by atoms with E-state index >= 15 is 0 Å². The third kappa shape index (κ3) is 4.44. The second kappa shape index (κ2) is 7.61. The number of hydrogen-bond donors (Lipinski definition) is 1. The number of hydrogen-bond acceptors (Lipinski definition) is 5. The second-order valence-electron chi connectivity index (χ2n) is 5.81. The summed E-state index contributed by atoms with van der Waals surface area (Å²) >= 11 is 7.17. The minimum Gasteiger partial charge on any atom is -0.379 e. The van der Waals surface area contributed by atoms with Gasteiger partial charge in [-0.3, -0.25) is 14.5 Å². The molecule has 0 aliphatic carbocycles. The van der Waals surface area contributed by atoms with Crippen molar-refractivity contribution >= 4 is 34.8 Å². The van der Waals surface area contributed by atoms with Crippen molar-refractivity contribution in [1.82, 2.24) is 15.1 Å². The van der Waals surface area contributed by atoms with Crippen molar-refractivity contribution in [3.8, 4) is 0 Å². The van der Waals surface area contributed by atoms with Gasteiger partial charge in [-0.25, -0.2) is 0 Å². The molecule has 1 aromatic heterocycles.